The Morgan fingerprint density at radius 1 is 1.38 bits per heavy atom. The lowest BCUT2D eigenvalue weighted by molar-refractivity contribution is 0.183. The summed E-state index contributed by atoms with van der Waals surface area (Å²) in [4.78, 5) is 0. The summed E-state index contributed by atoms with van der Waals surface area (Å²) in [5.41, 5.74) is 0. The molecule has 45 valence electrons. The summed E-state index contributed by atoms with van der Waals surface area (Å²) >= 11 is 0. The van der Waals surface area contributed by atoms with Crippen molar-refractivity contribution in [3.05, 3.63) is 6.42 Å². The lowest BCUT2D eigenvalue weighted by Crippen LogP contribution is -2.00. The minimum atomic E-state index is 0.829. The molecule has 1 saturated carbocycles. The van der Waals surface area contributed by atoms with E-state index in [1.165, 1.54) is 12.8 Å². The van der Waals surface area contributed by atoms with Gasteiger partial charge in [0.15, 0.2) is 0 Å². The Morgan fingerprint density at radius 3 is 2.75 bits per heavy atom. The molecule has 0 spiro atoms. The summed E-state index contributed by atoms with van der Waals surface area (Å²) < 4.78 is 5.20. The van der Waals surface area contributed by atoms with Crippen LogP contribution in [0.3, 0.4) is 0 Å². The Bertz CT molecular complexity index is 80.4. The van der Waals surface area contributed by atoms with E-state index in [2.05, 4.69) is 6.42 Å². The van der Waals surface area contributed by atoms with E-state index in [-0.39, 0.29) is 0 Å². The molecule has 1 saturated heterocycles. The first-order valence-corrected chi connectivity index (χ1v) is 3.38. The molecule has 0 aromatic heterocycles. The van der Waals surface area contributed by atoms with Gasteiger partial charge in [0.25, 0.3) is 0 Å². The average molecular weight is 111 g/mol. The molecule has 0 aromatic carbocycles. The fourth-order valence-electron chi connectivity index (χ4n) is 1.32. The van der Waals surface area contributed by atoms with Gasteiger partial charge >= 0.3 is 0 Å². The van der Waals surface area contributed by atoms with Gasteiger partial charge in [-0.05, 0) is 31.1 Å². The highest BCUT2D eigenvalue weighted by molar-refractivity contribution is 4.92. The van der Waals surface area contributed by atoms with Crippen LogP contribution in [-0.2, 0) is 4.74 Å². The molecule has 0 N–H and O–H groups in total. The number of ether oxygens (including phenoxy) is 1. The fourth-order valence-corrected chi connectivity index (χ4v) is 1.32. The van der Waals surface area contributed by atoms with Crippen LogP contribution in [0, 0.1) is 18.3 Å². The van der Waals surface area contributed by atoms with Crippen LogP contribution in [0.5, 0.6) is 0 Å². The van der Waals surface area contributed by atoms with Crippen molar-refractivity contribution in [1.82, 2.24) is 0 Å². The highest BCUT2D eigenvalue weighted by Gasteiger charge is 2.33. The highest BCUT2D eigenvalue weighted by Crippen LogP contribution is 2.39. The Morgan fingerprint density at radius 2 is 2.25 bits per heavy atom. The molecule has 2 aliphatic rings. The molecule has 1 radical (unpaired) electrons. The van der Waals surface area contributed by atoms with Gasteiger partial charge in [-0.3, -0.25) is 0 Å². The third kappa shape index (κ3) is 0.752. The molecule has 2 fully saturated rings. The van der Waals surface area contributed by atoms with Gasteiger partial charge in [-0.15, -0.1) is 0 Å². The minimum absolute atomic E-state index is 0.829. The van der Waals surface area contributed by atoms with E-state index in [0.717, 1.165) is 25.0 Å². The molecule has 8 heavy (non-hydrogen) atoms. The highest BCUT2D eigenvalue weighted by atomic mass is 16.5. The van der Waals surface area contributed by atoms with E-state index in [0.29, 0.717) is 0 Å². The van der Waals surface area contributed by atoms with Crippen LogP contribution in [0.1, 0.15) is 12.8 Å². The van der Waals surface area contributed by atoms with Crippen LogP contribution in [-0.4, -0.2) is 13.2 Å². The maximum absolute atomic E-state index is 5.20. The van der Waals surface area contributed by atoms with Crippen molar-refractivity contribution < 1.29 is 4.74 Å². The predicted octanol–water partition coefficient (Wildman–Crippen LogP) is 1.25. The largest absolute Gasteiger partial charge is 0.381 e. The lowest BCUT2D eigenvalue weighted by Gasteiger charge is -2.00. The zero-order valence-electron chi connectivity index (χ0n) is 4.97. The van der Waals surface area contributed by atoms with E-state index >= 15 is 0 Å². The Balaban J connectivity index is 1.86. The van der Waals surface area contributed by atoms with Gasteiger partial charge < -0.3 is 4.74 Å². The van der Waals surface area contributed by atoms with Crippen LogP contribution < -0.4 is 0 Å². The van der Waals surface area contributed by atoms with Crippen LogP contribution in [0.15, 0.2) is 0 Å². The van der Waals surface area contributed by atoms with Gasteiger partial charge in [-0.25, -0.2) is 0 Å². The van der Waals surface area contributed by atoms with Gasteiger partial charge in [-0.2, -0.15) is 0 Å². The fraction of sp³-hybridized carbons (Fsp3) is 0.857. The third-order valence-electron chi connectivity index (χ3n) is 2.05. The van der Waals surface area contributed by atoms with E-state index in [9.17, 15) is 0 Å². The van der Waals surface area contributed by atoms with Gasteiger partial charge in [0, 0.05) is 0 Å². The molecule has 1 aliphatic carbocycles. The van der Waals surface area contributed by atoms with Crippen LogP contribution in [0.2, 0.25) is 0 Å². The molecular weight excluding hydrogens is 100 g/mol. The molecule has 0 unspecified atom stereocenters. The molecule has 0 aromatic rings. The van der Waals surface area contributed by atoms with Gasteiger partial charge in [0.1, 0.15) is 0 Å². The zero-order chi connectivity index (χ0) is 5.40. The Hall–Kier alpha value is -0.0400. The summed E-state index contributed by atoms with van der Waals surface area (Å²) in [6.45, 7) is 1.91. The molecule has 0 bridgehead atoms. The quantitative estimate of drug-likeness (QED) is 0.494. The molecular formula is C7H11O. The molecule has 1 aliphatic heterocycles. The topological polar surface area (TPSA) is 9.23 Å². The maximum Gasteiger partial charge on any atom is 0.0501 e. The van der Waals surface area contributed by atoms with E-state index < -0.39 is 0 Å². The SMILES string of the molecule is [CH]1COC[C@H]1C1CC1. The maximum atomic E-state index is 5.20. The van der Waals surface area contributed by atoms with Crippen molar-refractivity contribution in [2.24, 2.45) is 11.8 Å². The zero-order valence-corrected chi connectivity index (χ0v) is 4.97. The molecule has 1 nitrogen and oxygen atoms in total. The second-order valence-electron chi connectivity index (χ2n) is 2.77. The minimum Gasteiger partial charge on any atom is -0.381 e. The average Bonchev–Trinajstić information content (AvgIpc) is 2.49. The standard InChI is InChI=1S/C7H11O/c1-2-6(1)7-3-4-8-5-7/h3,6-7H,1-2,4-5H2/t7-/m0/s1. The van der Waals surface area contributed by atoms with Gasteiger partial charge in [0.2, 0.25) is 0 Å². The van der Waals surface area contributed by atoms with Crippen LogP contribution >= 0.6 is 0 Å². The second-order valence-corrected chi connectivity index (χ2v) is 2.77. The van der Waals surface area contributed by atoms with E-state index in [4.69, 9.17) is 4.74 Å². The number of rotatable bonds is 1. The lowest BCUT2D eigenvalue weighted by atomic mass is 10.0. The normalized spacial score (nSPS) is 38.2. The van der Waals surface area contributed by atoms with Crippen molar-refractivity contribution >= 4 is 0 Å². The van der Waals surface area contributed by atoms with Crippen LogP contribution in [0.25, 0.3) is 0 Å². The summed E-state index contributed by atoms with van der Waals surface area (Å²) in [6, 6.07) is 0. The monoisotopic (exact) mass is 111 g/mol. The van der Waals surface area contributed by atoms with Crippen molar-refractivity contribution in [2.45, 2.75) is 12.8 Å². The van der Waals surface area contributed by atoms with Crippen molar-refractivity contribution in [3.8, 4) is 0 Å². The molecule has 1 heteroatoms. The molecule has 1 atom stereocenters. The summed E-state index contributed by atoms with van der Waals surface area (Å²) in [5.74, 6) is 1.84. The molecule has 1 heterocycles. The van der Waals surface area contributed by atoms with Gasteiger partial charge in [0.05, 0.1) is 13.2 Å². The third-order valence-corrected chi connectivity index (χ3v) is 2.05. The smallest absolute Gasteiger partial charge is 0.0501 e. The van der Waals surface area contributed by atoms with Gasteiger partial charge in [-0.1, -0.05) is 0 Å². The first kappa shape index (κ1) is 4.80. The first-order valence-electron chi connectivity index (χ1n) is 3.38. The van der Waals surface area contributed by atoms with Crippen molar-refractivity contribution in [2.75, 3.05) is 13.2 Å². The number of hydrogen-bond acceptors (Lipinski definition) is 1. The molecule has 0 amide bonds. The summed E-state index contributed by atoms with van der Waals surface area (Å²) in [5, 5.41) is 0. The summed E-state index contributed by atoms with van der Waals surface area (Å²) in [6.07, 6.45) is 5.22. The van der Waals surface area contributed by atoms with Crippen molar-refractivity contribution in [3.63, 3.8) is 0 Å². The van der Waals surface area contributed by atoms with E-state index in [1.807, 2.05) is 0 Å². The first-order chi connectivity index (χ1) is 3.97. The second kappa shape index (κ2) is 1.73. The van der Waals surface area contributed by atoms with E-state index in [1.54, 1.807) is 0 Å². The van der Waals surface area contributed by atoms with Crippen LogP contribution in [0.4, 0.5) is 0 Å². The number of hydrogen-bond donors (Lipinski definition) is 0. The molecule has 2 rings (SSSR count). The Kier molecular flexibility index (Phi) is 1.04. The predicted molar refractivity (Wildman–Crippen MR) is 31.3 cm³/mol. The summed E-state index contributed by atoms with van der Waals surface area (Å²) in [7, 11) is 0. The van der Waals surface area contributed by atoms with Crippen molar-refractivity contribution in [1.29, 1.82) is 0 Å². The Labute approximate surface area is 50.0 Å².